The highest BCUT2D eigenvalue weighted by Gasteiger charge is 2.48. The zero-order valence-corrected chi connectivity index (χ0v) is 10.7. The van der Waals surface area contributed by atoms with E-state index in [4.69, 9.17) is 9.84 Å². The number of rotatable bonds is 6. The number of carboxylic acids is 1. The lowest BCUT2D eigenvalue weighted by Crippen LogP contribution is -2.35. The van der Waals surface area contributed by atoms with Crippen LogP contribution in [0, 0.1) is 11.8 Å². The topological polar surface area (TPSA) is 75.6 Å². The van der Waals surface area contributed by atoms with Crippen molar-refractivity contribution in [3.8, 4) is 5.75 Å². The summed E-state index contributed by atoms with van der Waals surface area (Å²) in [6, 6.07) is 9.35. The molecule has 1 aromatic rings. The summed E-state index contributed by atoms with van der Waals surface area (Å²) in [5, 5.41) is 11.5. The summed E-state index contributed by atoms with van der Waals surface area (Å²) in [6.07, 6.45) is 0.281. The van der Waals surface area contributed by atoms with Crippen molar-refractivity contribution in [1.82, 2.24) is 5.32 Å². The lowest BCUT2D eigenvalue weighted by atomic mass is 10.3. The van der Waals surface area contributed by atoms with Crippen molar-refractivity contribution in [2.24, 2.45) is 11.8 Å². The fraction of sp³-hybridized carbons (Fsp3) is 0.429. The zero-order valence-electron chi connectivity index (χ0n) is 10.7. The number of hydrogen-bond acceptors (Lipinski definition) is 3. The molecule has 2 N–H and O–H groups in total. The highest BCUT2D eigenvalue weighted by Crippen LogP contribution is 2.38. The van der Waals surface area contributed by atoms with Gasteiger partial charge in [-0.15, -0.1) is 0 Å². The monoisotopic (exact) mass is 263 g/mol. The van der Waals surface area contributed by atoms with Gasteiger partial charge in [-0.1, -0.05) is 18.2 Å². The first-order valence-corrected chi connectivity index (χ1v) is 6.30. The van der Waals surface area contributed by atoms with Crippen molar-refractivity contribution in [2.75, 3.05) is 6.54 Å². The first-order valence-electron chi connectivity index (χ1n) is 6.30. The Kier molecular flexibility index (Phi) is 4.04. The summed E-state index contributed by atoms with van der Waals surface area (Å²) in [4.78, 5) is 22.3. The Hall–Kier alpha value is -2.04. The summed E-state index contributed by atoms with van der Waals surface area (Å²) in [6.45, 7) is 2.23. The van der Waals surface area contributed by atoms with Gasteiger partial charge in [0.2, 0.25) is 5.91 Å². The number of carbonyl (C=O) groups excluding carboxylic acids is 1. The van der Waals surface area contributed by atoms with Crippen LogP contribution >= 0.6 is 0 Å². The van der Waals surface area contributed by atoms with Crippen molar-refractivity contribution in [3.05, 3.63) is 30.3 Å². The van der Waals surface area contributed by atoms with Gasteiger partial charge in [-0.05, 0) is 25.5 Å². The van der Waals surface area contributed by atoms with Crippen molar-refractivity contribution in [3.63, 3.8) is 0 Å². The first-order chi connectivity index (χ1) is 9.08. The second-order valence-electron chi connectivity index (χ2n) is 4.77. The van der Waals surface area contributed by atoms with Gasteiger partial charge < -0.3 is 15.2 Å². The van der Waals surface area contributed by atoms with E-state index in [0.29, 0.717) is 13.0 Å². The molecule has 2 rings (SSSR count). The standard InChI is InChI=1S/C14H17NO4/c1-9(19-10-5-3-2-4-6-10)8-15-13(16)11-7-12(11)14(17)18/h2-6,9,11-12H,7-8H2,1H3,(H,15,16)(H,17,18)/t9-,11-,12+/m1/s1. The van der Waals surface area contributed by atoms with Crippen LogP contribution in [0.1, 0.15) is 13.3 Å². The largest absolute Gasteiger partial charge is 0.489 e. The predicted octanol–water partition coefficient (Wildman–Crippen LogP) is 1.29. The predicted molar refractivity (Wildman–Crippen MR) is 68.8 cm³/mol. The third kappa shape index (κ3) is 3.71. The van der Waals surface area contributed by atoms with E-state index in [9.17, 15) is 9.59 Å². The Morgan fingerprint density at radius 2 is 2.05 bits per heavy atom. The molecule has 1 aromatic carbocycles. The maximum atomic E-state index is 11.6. The van der Waals surface area contributed by atoms with E-state index in [1.165, 1.54) is 0 Å². The van der Waals surface area contributed by atoms with Gasteiger partial charge in [0.05, 0.1) is 18.4 Å². The number of amides is 1. The Labute approximate surface area is 111 Å². The van der Waals surface area contributed by atoms with E-state index in [1.54, 1.807) is 0 Å². The van der Waals surface area contributed by atoms with Crippen LogP contribution in [0.25, 0.3) is 0 Å². The molecule has 1 saturated carbocycles. The normalized spacial score (nSPS) is 22.4. The van der Waals surface area contributed by atoms with Crippen LogP contribution in [0.4, 0.5) is 0 Å². The van der Waals surface area contributed by atoms with E-state index >= 15 is 0 Å². The fourth-order valence-corrected chi connectivity index (χ4v) is 1.91. The summed E-state index contributed by atoms with van der Waals surface area (Å²) >= 11 is 0. The van der Waals surface area contributed by atoms with Gasteiger partial charge in [-0.3, -0.25) is 9.59 Å². The van der Waals surface area contributed by atoms with Crippen LogP contribution in [0.2, 0.25) is 0 Å². The summed E-state index contributed by atoms with van der Waals surface area (Å²) in [5.41, 5.74) is 0. The zero-order chi connectivity index (χ0) is 13.8. The second-order valence-corrected chi connectivity index (χ2v) is 4.77. The average Bonchev–Trinajstić information content (AvgIpc) is 3.17. The minimum atomic E-state index is -0.895. The maximum Gasteiger partial charge on any atom is 0.307 e. The van der Waals surface area contributed by atoms with E-state index in [2.05, 4.69) is 5.32 Å². The highest BCUT2D eigenvalue weighted by atomic mass is 16.5. The van der Waals surface area contributed by atoms with E-state index < -0.39 is 11.9 Å². The Morgan fingerprint density at radius 1 is 1.37 bits per heavy atom. The lowest BCUT2D eigenvalue weighted by Gasteiger charge is -2.15. The molecule has 1 amide bonds. The molecule has 0 saturated heterocycles. The molecule has 0 aliphatic heterocycles. The van der Waals surface area contributed by atoms with Crippen LogP contribution < -0.4 is 10.1 Å². The van der Waals surface area contributed by atoms with Crippen LogP contribution in [0.15, 0.2) is 30.3 Å². The minimum Gasteiger partial charge on any atom is -0.489 e. The lowest BCUT2D eigenvalue weighted by molar-refractivity contribution is -0.140. The molecule has 1 aliphatic carbocycles. The van der Waals surface area contributed by atoms with Crippen molar-refractivity contribution in [2.45, 2.75) is 19.4 Å². The maximum absolute atomic E-state index is 11.6. The molecule has 5 nitrogen and oxygen atoms in total. The van der Waals surface area contributed by atoms with Crippen LogP contribution in [0.5, 0.6) is 5.75 Å². The van der Waals surface area contributed by atoms with Gasteiger partial charge >= 0.3 is 5.97 Å². The van der Waals surface area contributed by atoms with Crippen molar-refractivity contribution in [1.29, 1.82) is 0 Å². The van der Waals surface area contributed by atoms with Gasteiger partial charge in [-0.2, -0.15) is 0 Å². The van der Waals surface area contributed by atoms with E-state index in [-0.39, 0.29) is 17.9 Å². The van der Waals surface area contributed by atoms with Gasteiger partial charge in [-0.25, -0.2) is 0 Å². The van der Waals surface area contributed by atoms with E-state index in [0.717, 1.165) is 5.75 Å². The van der Waals surface area contributed by atoms with Crippen molar-refractivity contribution >= 4 is 11.9 Å². The smallest absolute Gasteiger partial charge is 0.307 e. The van der Waals surface area contributed by atoms with Gasteiger partial charge in [0.25, 0.3) is 0 Å². The minimum absolute atomic E-state index is 0.159. The Balaban J connectivity index is 1.71. The molecular weight excluding hydrogens is 246 g/mol. The number of hydrogen-bond donors (Lipinski definition) is 2. The molecule has 0 unspecified atom stereocenters. The van der Waals surface area contributed by atoms with Crippen molar-refractivity contribution < 1.29 is 19.4 Å². The molecule has 0 spiro atoms. The first kappa shape index (κ1) is 13.4. The van der Waals surface area contributed by atoms with Crippen LogP contribution in [-0.2, 0) is 9.59 Å². The molecule has 0 radical (unpaired) electrons. The number of ether oxygens (including phenoxy) is 1. The summed E-state index contributed by atoms with van der Waals surface area (Å²) < 4.78 is 5.61. The highest BCUT2D eigenvalue weighted by molar-refractivity contribution is 5.89. The van der Waals surface area contributed by atoms with E-state index in [1.807, 2.05) is 37.3 Å². The number of nitrogens with one attached hydrogen (secondary N) is 1. The molecule has 19 heavy (non-hydrogen) atoms. The SMILES string of the molecule is C[C@H](CNC(=O)[C@@H]1C[C@@H]1C(=O)O)Oc1ccccc1. The van der Waals surface area contributed by atoms with Crippen LogP contribution in [0.3, 0.4) is 0 Å². The number of carbonyl (C=O) groups is 2. The average molecular weight is 263 g/mol. The van der Waals surface area contributed by atoms with Gasteiger partial charge in [0.15, 0.2) is 0 Å². The number of para-hydroxylation sites is 1. The van der Waals surface area contributed by atoms with Gasteiger partial charge in [0, 0.05) is 0 Å². The molecule has 1 fully saturated rings. The fourth-order valence-electron chi connectivity index (χ4n) is 1.91. The number of carboxylic acid groups (broad SMARTS) is 1. The Morgan fingerprint density at radius 3 is 2.63 bits per heavy atom. The molecule has 5 heteroatoms. The number of benzene rings is 1. The Bertz CT molecular complexity index is 460. The molecule has 0 heterocycles. The molecule has 102 valence electrons. The summed E-state index contributed by atoms with van der Waals surface area (Å²) in [7, 11) is 0. The molecule has 0 aromatic heterocycles. The molecule has 1 aliphatic rings. The quantitative estimate of drug-likeness (QED) is 0.811. The second kappa shape index (κ2) is 5.73. The van der Waals surface area contributed by atoms with Gasteiger partial charge in [0.1, 0.15) is 11.9 Å². The third-order valence-corrected chi connectivity index (χ3v) is 3.09. The molecule has 0 bridgehead atoms. The molecular formula is C14H17NO4. The number of aliphatic carboxylic acids is 1. The summed E-state index contributed by atoms with van der Waals surface area (Å²) in [5.74, 6) is -1.23. The molecule has 3 atom stereocenters. The van der Waals surface area contributed by atoms with Crippen LogP contribution in [-0.4, -0.2) is 29.6 Å². The third-order valence-electron chi connectivity index (χ3n) is 3.09.